The lowest BCUT2D eigenvalue weighted by atomic mass is 10.1. The van der Waals surface area contributed by atoms with Crippen LogP contribution in [0.2, 0.25) is 0 Å². The van der Waals surface area contributed by atoms with Crippen molar-refractivity contribution in [3.63, 3.8) is 0 Å². The average molecular weight is 271 g/mol. The summed E-state index contributed by atoms with van der Waals surface area (Å²) in [6.45, 7) is 1.38. The number of nitrogens with zero attached hydrogens (tertiary/aromatic N) is 2. The molecule has 0 aliphatic rings. The van der Waals surface area contributed by atoms with E-state index in [1.54, 1.807) is 11.3 Å². The molecule has 2 N–H and O–H groups in total. The van der Waals surface area contributed by atoms with Crippen LogP contribution in [-0.2, 0) is 6.54 Å². The minimum atomic E-state index is 0.228. The summed E-state index contributed by atoms with van der Waals surface area (Å²) in [6, 6.07) is 14.3. The van der Waals surface area contributed by atoms with E-state index in [0.717, 1.165) is 12.1 Å². The van der Waals surface area contributed by atoms with Gasteiger partial charge in [-0.1, -0.05) is 18.2 Å². The smallest absolute Gasteiger partial charge is 0.0991 e. The third kappa shape index (κ3) is 3.42. The van der Waals surface area contributed by atoms with Gasteiger partial charge in [0.25, 0.3) is 0 Å². The van der Waals surface area contributed by atoms with Gasteiger partial charge in [0, 0.05) is 18.0 Å². The van der Waals surface area contributed by atoms with Gasteiger partial charge in [-0.25, -0.2) is 0 Å². The predicted octanol–water partition coefficient (Wildman–Crippen LogP) is 2.75. The van der Waals surface area contributed by atoms with Crippen molar-refractivity contribution < 1.29 is 0 Å². The van der Waals surface area contributed by atoms with E-state index >= 15 is 0 Å². The van der Waals surface area contributed by atoms with Crippen molar-refractivity contribution in [3.05, 3.63) is 57.8 Å². The zero-order valence-electron chi connectivity index (χ0n) is 10.9. The van der Waals surface area contributed by atoms with Gasteiger partial charge in [-0.15, -0.1) is 11.3 Å². The van der Waals surface area contributed by atoms with Crippen LogP contribution in [0, 0.1) is 11.3 Å². The second kappa shape index (κ2) is 6.48. The Morgan fingerprint density at radius 3 is 2.84 bits per heavy atom. The third-order valence-electron chi connectivity index (χ3n) is 3.11. The third-order valence-corrected chi connectivity index (χ3v) is 4.09. The van der Waals surface area contributed by atoms with Crippen LogP contribution in [0.1, 0.15) is 22.0 Å². The van der Waals surface area contributed by atoms with E-state index in [1.807, 2.05) is 30.3 Å². The molecular formula is C15H17N3S. The van der Waals surface area contributed by atoms with E-state index in [2.05, 4.69) is 29.5 Å². The zero-order chi connectivity index (χ0) is 13.7. The van der Waals surface area contributed by atoms with Crippen LogP contribution in [0.15, 0.2) is 41.8 Å². The van der Waals surface area contributed by atoms with Crippen molar-refractivity contribution in [1.82, 2.24) is 4.90 Å². The quantitative estimate of drug-likeness (QED) is 0.909. The standard InChI is InChI=1S/C15H17N3S/c1-18(14(10-17)15-6-3-7-19-15)11-13-5-2-4-12(8-13)9-16/h2-8,14H,10-11,17H2,1H3. The molecule has 0 fully saturated rings. The predicted molar refractivity (Wildman–Crippen MR) is 78.7 cm³/mol. The normalized spacial score (nSPS) is 12.3. The molecule has 1 unspecified atom stereocenters. The van der Waals surface area contributed by atoms with Crippen molar-refractivity contribution in [3.8, 4) is 6.07 Å². The summed E-state index contributed by atoms with van der Waals surface area (Å²) in [6.07, 6.45) is 0. The van der Waals surface area contributed by atoms with Crippen LogP contribution in [-0.4, -0.2) is 18.5 Å². The van der Waals surface area contributed by atoms with Gasteiger partial charge in [-0.3, -0.25) is 4.90 Å². The first-order valence-corrected chi connectivity index (χ1v) is 7.05. The second-order valence-electron chi connectivity index (χ2n) is 4.49. The average Bonchev–Trinajstić information content (AvgIpc) is 2.93. The molecule has 0 bridgehead atoms. The van der Waals surface area contributed by atoms with Gasteiger partial charge in [-0.05, 0) is 36.2 Å². The van der Waals surface area contributed by atoms with E-state index in [-0.39, 0.29) is 6.04 Å². The molecule has 1 atom stereocenters. The van der Waals surface area contributed by atoms with Gasteiger partial charge in [0.15, 0.2) is 0 Å². The number of rotatable bonds is 5. The van der Waals surface area contributed by atoms with Crippen LogP contribution < -0.4 is 5.73 Å². The summed E-state index contributed by atoms with van der Waals surface area (Å²) in [7, 11) is 2.07. The number of hydrogen-bond acceptors (Lipinski definition) is 4. The molecule has 3 nitrogen and oxygen atoms in total. The Hall–Kier alpha value is -1.67. The van der Waals surface area contributed by atoms with Gasteiger partial charge in [0.1, 0.15) is 0 Å². The monoisotopic (exact) mass is 271 g/mol. The molecule has 0 aliphatic heterocycles. The maximum absolute atomic E-state index is 8.92. The van der Waals surface area contributed by atoms with Gasteiger partial charge < -0.3 is 5.73 Å². The molecule has 1 heterocycles. The van der Waals surface area contributed by atoms with Crippen molar-refractivity contribution in [1.29, 1.82) is 5.26 Å². The van der Waals surface area contributed by atoms with E-state index in [1.165, 1.54) is 4.88 Å². The lowest BCUT2D eigenvalue weighted by Crippen LogP contribution is -2.29. The fraction of sp³-hybridized carbons (Fsp3) is 0.267. The van der Waals surface area contributed by atoms with Crippen LogP contribution in [0.3, 0.4) is 0 Å². The molecule has 1 aromatic carbocycles. The largest absolute Gasteiger partial charge is 0.329 e. The first-order chi connectivity index (χ1) is 9.24. The molecule has 2 rings (SSSR count). The number of thiophene rings is 1. The Bertz CT molecular complexity index is 557. The summed E-state index contributed by atoms with van der Waals surface area (Å²) in [5.41, 5.74) is 7.72. The van der Waals surface area contributed by atoms with Crippen LogP contribution in [0.5, 0.6) is 0 Å². The maximum Gasteiger partial charge on any atom is 0.0991 e. The summed E-state index contributed by atoms with van der Waals surface area (Å²) < 4.78 is 0. The molecule has 0 aliphatic carbocycles. The Morgan fingerprint density at radius 1 is 1.37 bits per heavy atom. The van der Waals surface area contributed by atoms with Crippen molar-refractivity contribution >= 4 is 11.3 Å². The highest BCUT2D eigenvalue weighted by molar-refractivity contribution is 7.10. The molecule has 98 valence electrons. The van der Waals surface area contributed by atoms with E-state index in [9.17, 15) is 0 Å². The van der Waals surface area contributed by atoms with E-state index < -0.39 is 0 Å². The highest BCUT2D eigenvalue weighted by atomic mass is 32.1. The highest BCUT2D eigenvalue weighted by Gasteiger charge is 2.16. The highest BCUT2D eigenvalue weighted by Crippen LogP contribution is 2.24. The number of hydrogen-bond donors (Lipinski definition) is 1. The van der Waals surface area contributed by atoms with Gasteiger partial charge in [-0.2, -0.15) is 5.26 Å². The topological polar surface area (TPSA) is 53.0 Å². The molecule has 2 aromatic rings. The molecule has 0 amide bonds. The van der Waals surface area contributed by atoms with Crippen molar-refractivity contribution in [2.75, 3.05) is 13.6 Å². The summed E-state index contributed by atoms with van der Waals surface area (Å²) in [5.74, 6) is 0. The van der Waals surface area contributed by atoms with Crippen LogP contribution >= 0.6 is 11.3 Å². The molecule has 1 aromatic heterocycles. The Kier molecular flexibility index (Phi) is 4.69. The SMILES string of the molecule is CN(Cc1cccc(C#N)c1)C(CN)c1cccs1. The first-order valence-electron chi connectivity index (χ1n) is 6.17. The number of likely N-dealkylation sites (N-methyl/N-ethyl adjacent to an activating group) is 1. The van der Waals surface area contributed by atoms with Crippen molar-refractivity contribution in [2.24, 2.45) is 5.73 Å². The van der Waals surface area contributed by atoms with Gasteiger partial charge >= 0.3 is 0 Å². The van der Waals surface area contributed by atoms with Crippen LogP contribution in [0.25, 0.3) is 0 Å². The molecule has 0 spiro atoms. The number of nitrogens with two attached hydrogens (primary N) is 1. The molecule has 19 heavy (non-hydrogen) atoms. The van der Waals surface area contributed by atoms with E-state index in [4.69, 9.17) is 11.0 Å². The Balaban J connectivity index is 2.11. The summed E-state index contributed by atoms with van der Waals surface area (Å²) in [5, 5.41) is 11.0. The molecule has 0 saturated heterocycles. The minimum Gasteiger partial charge on any atom is -0.329 e. The summed E-state index contributed by atoms with van der Waals surface area (Å²) in [4.78, 5) is 3.50. The minimum absolute atomic E-state index is 0.228. The zero-order valence-corrected chi connectivity index (χ0v) is 11.7. The molecular weight excluding hydrogens is 254 g/mol. The van der Waals surface area contributed by atoms with Gasteiger partial charge in [0.2, 0.25) is 0 Å². The number of benzene rings is 1. The molecule has 4 heteroatoms. The number of nitriles is 1. The fourth-order valence-corrected chi connectivity index (χ4v) is 3.04. The summed E-state index contributed by atoms with van der Waals surface area (Å²) >= 11 is 1.73. The van der Waals surface area contributed by atoms with Crippen LogP contribution in [0.4, 0.5) is 0 Å². The Morgan fingerprint density at radius 2 is 2.21 bits per heavy atom. The lowest BCUT2D eigenvalue weighted by molar-refractivity contribution is 0.245. The first kappa shape index (κ1) is 13.8. The Labute approximate surface area is 117 Å². The fourth-order valence-electron chi connectivity index (χ4n) is 2.13. The lowest BCUT2D eigenvalue weighted by Gasteiger charge is -2.26. The molecule has 0 radical (unpaired) electrons. The second-order valence-corrected chi connectivity index (χ2v) is 5.47. The van der Waals surface area contributed by atoms with E-state index in [0.29, 0.717) is 12.1 Å². The molecule has 0 saturated carbocycles. The van der Waals surface area contributed by atoms with Crippen molar-refractivity contribution in [2.45, 2.75) is 12.6 Å². The maximum atomic E-state index is 8.92. The van der Waals surface area contributed by atoms with Gasteiger partial charge in [0.05, 0.1) is 17.7 Å².